The van der Waals surface area contributed by atoms with Gasteiger partial charge in [0.25, 0.3) is 23.6 Å². The summed E-state index contributed by atoms with van der Waals surface area (Å²) in [6, 6.07) is 35.5. The summed E-state index contributed by atoms with van der Waals surface area (Å²) >= 11 is 0. The number of carbonyl (C=O) groups is 16. The van der Waals surface area contributed by atoms with Crippen molar-refractivity contribution in [2.75, 3.05) is 21.1 Å². The first-order chi connectivity index (χ1) is 65.0. The minimum absolute atomic E-state index is 0. The minimum atomic E-state index is -0.666. The van der Waals surface area contributed by atoms with Crippen LogP contribution in [0.3, 0.4) is 0 Å². The first-order valence-electron chi connectivity index (χ1n) is 43.7. The number of aryl methyl sites for hydroxylation is 12. The Morgan fingerprint density at radius 2 is 0.277 bits per heavy atom. The van der Waals surface area contributed by atoms with Crippen LogP contribution in [0, 0.1) is 83.1 Å². The van der Waals surface area contributed by atoms with Gasteiger partial charge in [0.05, 0.1) is 66.8 Å². The van der Waals surface area contributed by atoms with Crippen LogP contribution in [0.2, 0.25) is 0 Å². The fourth-order valence-electron chi connectivity index (χ4n) is 23.9. The van der Waals surface area contributed by atoms with Crippen LogP contribution in [0.1, 0.15) is 232 Å². The molecule has 0 saturated carbocycles. The molecule has 0 fully saturated rings. The fraction of sp³-hybridized carbons (Fsp3) is 0.135. The van der Waals surface area contributed by atoms with Crippen LogP contribution < -0.4 is 5.73 Å². The molecule has 0 aliphatic carbocycles. The molecule has 8 heterocycles. The van der Waals surface area contributed by atoms with Crippen molar-refractivity contribution in [1.82, 2.24) is 9.80 Å². The maximum atomic E-state index is 13.2. The number of carbonyl (C=O) groups excluding carboxylic acids is 16. The number of amides is 4. The number of hydrogen-bond donors (Lipinski definition) is 1. The quantitative estimate of drug-likeness (QED) is 0.0368. The summed E-state index contributed by atoms with van der Waals surface area (Å²) in [5.41, 5.74) is 21.4. The number of cyclic esters (lactones) is 12. The molecule has 0 saturated heterocycles. The van der Waals surface area contributed by atoms with Crippen molar-refractivity contribution in [3.8, 4) is 0 Å². The Bertz CT molecular complexity index is 8400. The van der Waals surface area contributed by atoms with E-state index in [-0.39, 0.29) is 49.5 Å². The molecule has 2 N–H and O–H groups in total. The number of nitrogens with two attached hydrogens (primary N) is 1. The first-order valence-corrected chi connectivity index (χ1v) is 43.7. The van der Waals surface area contributed by atoms with E-state index in [1.165, 1.54) is 30.9 Å². The van der Waals surface area contributed by atoms with Crippen molar-refractivity contribution in [2.24, 2.45) is 5.73 Å². The van der Waals surface area contributed by atoms with Gasteiger partial charge in [0.2, 0.25) is 0 Å². The van der Waals surface area contributed by atoms with Crippen molar-refractivity contribution in [2.45, 2.75) is 83.1 Å². The molecule has 26 heteroatoms. The van der Waals surface area contributed by atoms with E-state index >= 15 is 0 Å². The third-order valence-electron chi connectivity index (χ3n) is 29.1. The average molecular weight is 1910 g/mol. The molecule has 4 amide bonds. The summed E-state index contributed by atoms with van der Waals surface area (Å²) in [7, 11) is 4.55. The molecule has 8 aliphatic rings. The van der Waals surface area contributed by atoms with E-state index in [2.05, 4.69) is 5.73 Å². The van der Waals surface area contributed by atoms with Crippen LogP contribution in [-0.4, -0.2) is 152 Å². The van der Waals surface area contributed by atoms with Gasteiger partial charge in [-0.1, -0.05) is 24.3 Å². The van der Waals surface area contributed by atoms with Gasteiger partial charge in [0.1, 0.15) is 0 Å². The number of hydrogen-bond acceptors (Lipinski definition) is 23. The molecule has 20 aromatic carbocycles. The molecule has 25 nitrogen and oxygen atoms in total. The van der Waals surface area contributed by atoms with Crippen LogP contribution >= 0.6 is 0 Å². The van der Waals surface area contributed by atoms with Crippen molar-refractivity contribution < 1.29 is 105 Å². The summed E-state index contributed by atoms with van der Waals surface area (Å²) in [5, 5.41) is 26.0. The number of rotatable bonds is 0. The van der Waals surface area contributed by atoms with Gasteiger partial charge in [-0.15, -0.1) is 0 Å². The van der Waals surface area contributed by atoms with E-state index in [1.54, 1.807) is 72.8 Å². The third kappa shape index (κ3) is 10.6. The van der Waals surface area contributed by atoms with Gasteiger partial charge in [0, 0.05) is 79.4 Å². The molecule has 0 bridgehead atoms. The van der Waals surface area contributed by atoms with Crippen molar-refractivity contribution in [1.29, 1.82) is 0 Å². The second-order valence-electron chi connectivity index (χ2n) is 36.4. The van der Waals surface area contributed by atoms with Gasteiger partial charge < -0.3 is 34.2 Å². The van der Waals surface area contributed by atoms with E-state index in [4.69, 9.17) is 28.4 Å². The number of fused-ring (bicyclic) bond motifs is 8. The molecule has 0 radical (unpaired) electrons. The topological polar surface area (TPSA) is 361 Å². The van der Waals surface area contributed by atoms with E-state index in [9.17, 15) is 76.7 Å². The summed E-state index contributed by atoms with van der Waals surface area (Å²) in [4.78, 5) is 206. The van der Waals surface area contributed by atoms with Gasteiger partial charge >= 0.3 is 97.5 Å². The summed E-state index contributed by atoms with van der Waals surface area (Å²) in [5.74, 6) is -9.11. The predicted molar refractivity (Wildman–Crippen MR) is 519 cm³/mol. The first kappa shape index (κ1) is 84.8. The Morgan fingerprint density at radius 3 is 0.423 bits per heavy atom. The fourth-order valence-corrected chi connectivity index (χ4v) is 23.9. The zero-order valence-electron chi connectivity index (χ0n) is 75.0. The summed E-state index contributed by atoms with van der Waals surface area (Å²) in [6.07, 6.45) is 0. The second kappa shape index (κ2) is 28.3. The number of ether oxygens (including phenoxy) is 6. The maximum absolute atomic E-state index is 13.2. The molecular weight excluding hydrogens is 1840 g/mol. The Morgan fingerprint density at radius 1 is 0.161 bits per heavy atom. The molecule has 20 aromatic rings. The number of nitrogens with zero attached hydrogens (tertiary/aromatic N) is 2. The molecule has 28 rings (SSSR count). The van der Waals surface area contributed by atoms with E-state index in [0.717, 1.165) is 196 Å². The van der Waals surface area contributed by atoms with E-state index in [0.29, 0.717) is 132 Å². The zero-order valence-corrected chi connectivity index (χ0v) is 75.0. The van der Waals surface area contributed by atoms with Crippen LogP contribution in [0.25, 0.3) is 172 Å². The Kier molecular flexibility index (Phi) is 17.5. The Balaban J connectivity index is 0.000000102. The second-order valence-corrected chi connectivity index (χ2v) is 36.4. The zero-order chi connectivity index (χ0) is 95.4. The Labute approximate surface area is 790 Å². The van der Waals surface area contributed by atoms with Crippen LogP contribution in [0.5, 0.6) is 0 Å². The van der Waals surface area contributed by atoms with Crippen LogP contribution in [0.15, 0.2) is 121 Å². The van der Waals surface area contributed by atoms with Gasteiger partial charge in [-0.2, -0.15) is 0 Å². The van der Waals surface area contributed by atoms with E-state index in [1.807, 2.05) is 132 Å². The summed E-state index contributed by atoms with van der Waals surface area (Å²) in [6.45, 7) is 23.3. The molecule has 0 spiro atoms. The normalized spacial score (nSPS) is 15.1. The van der Waals surface area contributed by atoms with Crippen LogP contribution in [-0.2, 0) is 28.4 Å². The number of esters is 12. The number of imide groups is 2. The van der Waals surface area contributed by atoms with Gasteiger partial charge in [-0.25, -0.2) is 57.5 Å². The monoisotopic (exact) mass is 1910 g/mol. The molecule has 0 unspecified atom stereocenters. The molecule has 0 atom stereocenters. The van der Waals surface area contributed by atoms with Crippen molar-refractivity contribution in [3.63, 3.8) is 0 Å². The predicted octanol–water partition coefficient (Wildman–Crippen LogP) is 19.4. The third-order valence-corrected chi connectivity index (χ3v) is 29.1. The van der Waals surface area contributed by atoms with Gasteiger partial charge in [-0.05, 0) is 383 Å². The average Bonchev–Trinajstić information content (AvgIpc) is 0.714. The Hall–Kier alpha value is -16.4. The standard InChI is InChI=1S/C30H22N2O4.2C28H16O6.C24H8O6.CH5N.In.3H/c1-11-7-15-23-16(28(34)31(5)27(15)33)9-13(3)21-22-14(4)10-18-24-17(29(35)32(6)30(18)36)8-12(2)20(26(22)24)19(11)25(21)23;2*1-9-5-13-21-14(26(30)33-25(13)29)7-11(3)19-20-12(4)8-16-22-15(27(31)34-28(16)32)6-10(2)18(24(20)22)17(9)23(19)21;25-21-13-5-1-9-10-2-6-15-20-16(24(28)30-23(15)27)8-4-12(18(10)20)11-3-7-14(22(26)29-21)19(13)17(9)11;1-2;;;;/h7-10H,1-6H3;2*5-8H,1-4H3;1-8H;2H2,1H3;;;;. The molecular formula is C111H70InN3O22. The van der Waals surface area contributed by atoms with Crippen molar-refractivity contribution in [3.05, 3.63) is 277 Å². The van der Waals surface area contributed by atoms with Gasteiger partial charge in [0.15, 0.2) is 0 Å². The molecule has 137 heavy (non-hydrogen) atoms. The van der Waals surface area contributed by atoms with Crippen LogP contribution in [0.4, 0.5) is 0 Å². The van der Waals surface area contributed by atoms with Crippen molar-refractivity contribution >= 4 is 293 Å². The molecule has 0 aromatic heterocycles. The SMILES string of the molecule is CN.Cc1cc2c3c(cc(C)c4c5c(C)cc6c7c(cc(C)c(c1c34)c75)C(=O)N(C)C6=O)C(=O)N(C)C2=O.Cc1cc2c3c(cc(C)c4c5c(C)cc6c7c(cc(C)c(c1c34)c75)C(=O)OC6=O)C(=O)OC2=O.Cc1cc2c3c(cc(C)c4c5c(C)cc6c7c(cc(C)c(c1c34)c75)C(=O)OC6=O)C(=O)OC2=O.O=C1OC(=O)c2ccc3c4ccc5c6c(ccc(c7ccc1c2c73)c64)C(=O)OC5=O.[InH3]. The summed E-state index contributed by atoms with van der Waals surface area (Å²) < 4.78 is 29.9. The molecule has 8 aliphatic heterocycles. The number of benzene rings is 20. The van der Waals surface area contributed by atoms with Gasteiger partial charge in [-0.3, -0.25) is 29.0 Å². The van der Waals surface area contributed by atoms with E-state index < -0.39 is 71.6 Å². The molecule has 664 valence electrons.